The summed E-state index contributed by atoms with van der Waals surface area (Å²) >= 11 is 23.8. The van der Waals surface area contributed by atoms with E-state index in [1.54, 1.807) is 6.07 Å². The summed E-state index contributed by atoms with van der Waals surface area (Å²) in [5, 5.41) is 2.70. The van der Waals surface area contributed by atoms with Gasteiger partial charge >= 0.3 is 5.97 Å². The third-order valence-corrected chi connectivity index (χ3v) is 5.15. The van der Waals surface area contributed by atoms with Crippen molar-refractivity contribution in [3.63, 3.8) is 0 Å². The largest absolute Gasteiger partial charge is 0.452 e. The highest BCUT2D eigenvalue weighted by Gasteiger charge is 2.17. The monoisotopic (exact) mass is 469 g/mol. The Balaban J connectivity index is 1.59. The molecule has 3 rings (SSSR count). The van der Waals surface area contributed by atoms with Crippen molar-refractivity contribution in [3.05, 3.63) is 68.4 Å². The molecule has 3 aromatic rings. The topological polar surface area (TPSA) is 81.2 Å². The first-order valence-corrected chi connectivity index (χ1v) is 9.56. The van der Waals surface area contributed by atoms with Gasteiger partial charge in [0.2, 0.25) is 0 Å². The number of carbonyl (C=O) groups is 2. The Labute approximate surface area is 185 Å². The van der Waals surface area contributed by atoms with Crippen LogP contribution >= 0.6 is 46.4 Å². The van der Waals surface area contributed by atoms with Crippen LogP contribution < -0.4 is 5.32 Å². The van der Waals surface area contributed by atoms with Gasteiger partial charge in [0.05, 0.1) is 48.7 Å². The van der Waals surface area contributed by atoms with Crippen molar-refractivity contribution >= 4 is 81.1 Å². The summed E-state index contributed by atoms with van der Waals surface area (Å²) < 4.78 is 4.89. The molecule has 1 N–H and O–H groups in total. The van der Waals surface area contributed by atoms with Crippen LogP contribution in [-0.2, 0) is 14.3 Å². The highest BCUT2D eigenvalue weighted by atomic mass is 35.5. The van der Waals surface area contributed by atoms with Crippen LogP contribution in [-0.4, -0.2) is 28.5 Å². The summed E-state index contributed by atoms with van der Waals surface area (Å²) in [6.07, 6.45) is 4.10. The van der Waals surface area contributed by atoms with Crippen LogP contribution in [0.5, 0.6) is 0 Å². The summed E-state index contributed by atoms with van der Waals surface area (Å²) in [7, 11) is 0. The van der Waals surface area contributed by atoms with Gasteiger partial charge in [0, 0.05) is 6.08 Å². The van der Waals surface area contributed by atoms with Gasteiger partial charge in [-0.05, 0) is 24.3 Å². The molecule has 0 saturated heterocycles. The van der Waals surface area contributed by atoms with Gasteiger partial charge in [-0.3, -0.25) is 9.78 Å². The summed E-state index contributed by atoms with van der Waals surface area (Å²) in [6.45, 7) is -0.566. The van der Waals surface area contributed by atoms with Crippen molar-refractivity contribution < 1.29 is 14.3 Å². The predicted molar refractivity (Wildman–Crippen MR) is 115 cm³/mol. The third kappa shape index (κ3) is 5.36. The van der Waals surface area contributed by atoms with Crippen molar-refractivity contribution in [1.82, 2.24) is 9.97 Å². The van der Waals surface area contributed by atoms with E-state index in [0.717, 1.165) is 11.6 Å². The van der Waals surface area contributed by atoms with Gasteiger partial charge in [-0.25, -0.2) is 9.78 Å². The lowest BCUT2D eigenvalue weighted by Gasteiger charge is -2.11. The number of fused-ring (bicyclic) bond motifs is 1. The number of aromatic nitrogens is 2. The number of benzene rings is 2. The second-order valence-electron chi connectivity index (χ2n) is 5.62. The smallest absolute Gasteiger partial charge is 0.331 e. The quantitative estimate of drug-likeness (QED) is 0.305. The van der Waals surface area contributed by atoms with Crippen LogP contribution in [0.15, 0.2) is 42.6 Å². The average molecular weight is 471 g/mol. The van der Waals surface area contributed by atoms with Crippen LogP contribution in [0.1, 0.15) is 5.69 Å². The molecule has 0 bridgehead atoms. The molecule has 0 saturated carbocycles. The van der Waals surface area contributed by atoms with Crippen LogP contribution in [0.25, 0.3) is 17.1 Å². The van der Waals surface area contributed by atoms with Crippen LogP contribution in [0.2, 0.25) is 20.1 Å². The summed E-state index contributed by atoms with van der Waals surface area (Å²) in [5.74, 6) is -1.41. The maximum absolute atomic E-state index is 12.0. The SMILES string of the molecule is O=C(COC(=O)/C=C/c1cnc2ccccc2n1)Nc1c(Cl)c(Cl)cc(Cl)c1Cl. The van der Waals surface area contributed by atoms with E-state index in [4.69, 9.17) is 51.1 Å². The van der Waals surface area contributed by atoms with E-state index in [-0.39, 0.29) is 25.8 Å². The normalized spacial score (nSPS) is 11.0. The number of halogens is 4. The minimum absolute atomic E-state index is 0.0236. The minimum atomic E-state index is -0.739. The molecule has 10 heteroatoms. The van der Waals surface area contributed by atoms with E-state index in [0.29, 0.717) is 11.2 Å². The Kier molecular flexibility index (Phi) is 6.92. The number of hydrogen-bond acceptors (Lipinski definition) is 5. The van der Waals surface area contributed by atoms with Gasteiger partial charge in [-0.2, -0.15) is 0 Å². The Morgan fingerprint density at radius 3 is 2.38 bits per heavy atom. The number of nitrogens with zero attached hydrogens (tertiary/aromatic N) is 2. The number of para-hydroxylation sites is 2. The van der Waals surface area contributed by atoms with E-state index < -0.39 is 18.5 Å². The molecule has 0 fully saturated rings. The standard InChI is InChI=1S/C19H11Cl4N3O3/c20-11-7-12(21)18(23)19(17(11)22)26-15(27)9-29-16(28)6-5-10-8-24-13-3-1-2-4-14(13)25-10/h1-8H,9H2,(H,26,27)/b6-5+. The fourth-order valence-electron chi connectivity index (χ4n) is 2.25. The summed E-state index contributed by atoms with van der Waals surface area (Å²) in [4.78, 5) is 32.5. The molecule has 0 aliphatic rings. The molecular weight excluding hydrogens is 460 g/mol. The lowest BCUT2D eigenvalue weighted by atomic mass is 10.3. The van der Waals surface area contributed by atoms with E-state index >= 15 is 0 Å². The Bertz CT molecular complexity index is 1110. The van der Waals surface area contributed by atoms with E-state index in [1.165, 1.54) is 18.3 Å². The number of esters is 1. The lowest BCUT2D eigenvalue weighted by molar-refractivity contribution is -0.142. The van der Waals surface area contributed by atoms with Crippen LogP contribution in [0, 0.1) is 0 Å². The second kappa shape index (κ2) is 9.41. The molecule has 0 radical (unpaired) electrons. The van der Waals surface area contributed by atoms with Gasteiger partial charge in [-0.1, -0.05) is 58.5 Å². The summed E-state index contributed by atoms with van der Waals surface area (Å²) in [5.41, 5.74) is 1.93. The first kappa shape index (κ1) is 21.3. The minimum Gasteiger partial charge on any atom is -0.452 e. The number of rotatable bonds is 5. The Morgan fingerprint density at radius 1 is 1.03 bits per heavy atom. The van der Waals surface area contributed by atoms with E-state index in [9.17, 15) is 9.59 Å². The number of amides is 1. The molecule has 2 aromatic carbocycles. The maximum Gasteiger partial charge on any atom is 0.331 e. The molecule has 1 aromatic heterocycles. The number of nitrogens with one attached hydrogen (secondary N) is 1. The average Bonchev–Trinajstić information content (AvgIpc) is 2.72. The van der Waals surface area contributed by atoms with Gasteiger partial charge in [0.15, 0.2) is 6.61 Å². The van der Waals surface area contributed by atoms with Gasteiger partial charge in [-0.15, -0.1) is 0 Å². The maximum atomic E-state index is 12.0. The molecular formula is C19H11Cl4N3O3. The fourth-order valence-corrected chi connectivity index (χ4v) is 3.15. The molecule has 0 unspecified atom stereocenters. The van der Waals surface area contributed by atoms with Gasteiger partial charge in [0.25, 0.3) is 5.91 Å². The zero-order valence-corrected chi connectivity index (χ0v) is 17.5. The number of hydrogen-bond donors (Lipinski definition) is 1. The highest BCUT2D eigenvalue weighted by molar-refractivity contribution is 6.50. The summed E-state index contributed by atoms with van der Waals surface area (Å²) in [6, 6.07) is 8.68. The lowest BCUT2D eigenvalue weighted by Crippen LogP contribution is -2.20. The zero-order valence-electron chi connectivity index (χ0n) is 14.5. The fraction of sp³-hybridized carbons (Fsp3) is 0.0526. The molecule has 0 atom stereocenters. The third-order valence-electron chi connectivity index (χ3n) is 3.58. The highest BCUT2D eigenvalue weighted by Crippen LogP contribution is 2.40. The predicted octanol–water partition coefficient (Wildman–Crippen LogP) is 5.44. The first-order valence-electron chi connectivity index (χ1n) is 8.04. The van der Waals surface area contributed by atoms with Gasteiger partial charge < -0.3 is 10.1 Å². The van der Waals surface area contributed by atoms with Crippen molar-refractivity contribution in [2.24, 2.45) is 0 Å². The number of anilines is 1. The molecule has 6 nitrogen and oxygen atoms in total. The van der Waals surface area contributed by atoms with Crippen LogP contribution in [0.3, 0.4) is 0 Å². The van der Waals surface area contributed by atoms with E-state index in [2.05, 4.69) is 15.3 Å². The Hall–Kier alpha value is -2.38. The van der Waals surface area contributed by atoms with Crippen molar-refractivity contribution in [3.8, 4) is 0 Å². The van der Waals surface area contributed by atoms with Crippen molar-refractivity contribution in [1.29, 1.82) is 0 Å². The molecule has 1 amide bonds. The van der Waals surface area contributed by atoms with Crippen LogP contribution in [0.4, 0.5) is 5.69 Å². The molecule has 0 aliphatic heterocycles. The molecule has 29 heavy (non-hydrogen) atoms. The van der Waals surface area contributed by atoms with E-state index in [1.807, 2.05) is 18.2 Å². The molecule has 0 spiro atoms. The molecule has 1 heterocycles. The molecule has 0 aliphatic carbocycles. The van der Waals surface area contributed by atoms with Crippen molar-refractivity contribution in [2.45, 2.75) is 0 Å². The van der Waals surface area contributed by atoms with Gasteiger partial charge in [0.1, 0.15) is 0 Å². The van der Waals surface area contributed by atoms with Crippen molar-refractivity contribution in [2.75, 3.05) is 11.9 Å². The second-order valence-corrected chi connectivity index (χ2v) is 7.19. The first-order chi connectivity index (χ1) is 13.8. The number of ether oxygens (including phenoxy) is 1. The number of carbonyl (C=O) groups excluding carboxylic acids is 2. The zero-order chi connectivity index (χ0) is 21.0. The molecule has 148 valence electrons. The Morgan fingerprint density at radius 2 is 1.69 bits per heavy atom.